The van der Waals surface area contributed by atoms with Crippen LogP contribution in [0.2, 0.25) is 0 Å². The average Bonchev–Trinajstić information content (AvgIpc) is 3.01. The molecule has 4 rings (SSSR count). The molecule has 0 aromatic heterocycles. The van der Waals surface area contributed by atoms with Crippen molar-refractivity contribution in [3.8, 4) is 0 Å². The van der Waals surface area contributed by atoms with Crippen molar-refractivity contribution in [3.63, 3.8) is 0 Å². The monoisotopic (exact) mass is 428 g/mol. The number of aliphatic hydroxyl groups is 1. The van der Waals surface area contributed by atoms with E-state index >= 15 is 0 Å². The van der Waals surface area contributed by atoms with Crippen LogP contribution < -0.4 is 0 Å². The molecule has 1 N–H and O–H groups in total. The molecule has 32 heavy (non-hydrogen) atoms. The standard InChI is InChI=1S/C29H32O3/c1-27(2,3)18-20-10-14-22(15-11-20)29(25-9-7-6-8-24(25)26(30)32-29)23-16-12-21(13-17-23)19-28(4,5)31/h6-17,31H,18-19H2,1-5H3. The predicted octanol–water partition coefficient (Wildman–Crippen LogP) is 6.05. The first-order chi connectivity index (χ1) is 15.0. The Bertz CT molecular complexity index is 1050. The summed E-state index contributed by atoms with van der Waals surface area (Å²) in [6, 6.07) is 24.1. The Labute approximate surface area is 191 Å². The number of benzene rings is 3. The van der Waals surface area contributed by atoms with Crippen LogP contribution in [-0.2, 0) is 23.2 Å². The van der Waals surface area contributed by atoms with Gasteiger partial charge >= 0.3 is 5.97 Å². The van der Waals surface area contributed by atoms with Gasteiger partial charge in [-0.05, 0) is 42.9 Å². The van der Waals surface area contributed by atoms with Gasteiger partial charge in [0, 0.05) is 23.1 Å². The number of carbonyl (C=O) groups excluding carboxylic acids is 1. The molecule has 0 fully saturated rings. The van der Waals surface area contributed by atoms with Crippen LogP contribution in [0.4, 0.5) is 0 Å². The van der Waals surface area contributed by atoms with Crippen molar-refractivity contribution in [2.24, 2.45) is 5.41 Å². The van der Waals surface area contributed by atoms with Gasteiger partial charge in [-0.1, -0.05) is 87.5 Å². The molecule has 3 nitrogen and oxygen atoms in total. The van der Waals surface area contributed by atoms with Crippen LogP contribution in [0, 0.1) is 5.41 Å². The fourth-order valence-electron chi connectivity index (χ4n) is 4.64. The highest BCUT2D eigenvalue weighted by atomic mass is 16.6. The van der Waals surface area contributed by atoms with Crippen molar-refractivity contribution in [2.75, 3.05) is 0 Å². The molecule has 3 aromatic carbocycles. The second-order valence-corrected chi connectivity index (χ2v) is 10.7. The van der Waals surface area contributed by atoms with Gasteiger partial charge in [0.05, 0.1) is 11.2 Å². The maximum absolute atomic E-state index is 12.9. The molecule has 3 aromatic rings. The highest BCUT2D eigenvalue weighted by Crippen LogP contribution is 2.47. The molecule has 0 spiro atoms. The third kappa shape index (κ3) is 4.35. The lowest BCUT2D eigenvalue weighted by molar-refractivity contribution is 0.0251. The second kappa shape index (κ2) is 7.90. The topological polar surface area (TPSA) is 46.5 Å². The van der Waals surface area contributed by atoms with Crippen molar-refractivity contribution >= 4 is 5.97 Å². The summed E-state index contributed by atoms with van der Waals surface area (Å²) in [4.78, 5) is 12.9. The number of hydrogen-bond donors (Lipinski definition) is 1. The molecule has 0 amide bonds. The molecular formula is C29H32O3. The lowest BCUT2D eigenvalue weighted by atomic mass is 9.78. The first-order valence-corrected chi connectivity index (χ1v) is 11.2. The highest BCUT2D eigenvalue weighted by Gasteiger charge is 2.48. The lowest BCUT2D eigenvalue weighted by Gasteiger charge is -2.31. The summed E-state index contributed by atoms with van der Waals surface area (Å²) in [6.45, 7) is 10.3. The summed E-state index contributed by atoms with van der Waals surface area (Å²) in [6.07, 6.45) is 1.53. The van der Waals surface area contributed by atoms with E-state index < -0.39 is 11.2 Å². The number of carbonyl (C=O) groups is 1. The van der Waals surface area contributed by atoms with Crippen molar-refractivity contribution in [1.29, 1.82) is 0 Å². The van der Waals surface area contributed by atoms with Gasteiger partial charge in [0.2, 0.25) is 0 Å². The minimum absolute atomic E-state index is 0.196. The summed E-state index contributed by atoms with van der Waals surface area (Å²) in [5.74, 6) is -0.306. The molecule has 1 aliphatic rings. The molecule has 0 saturated carbocycles. The molecule has 3 heteroatoms. The smallest absolute Gasteiger partial charge is 0.340 e. The van der Waals surface area contributed by atoms with Crippen LogP contribution in [0.3, 0.4) is 0 Å². The van der Waals surface area contributed by atoms with E-state index in [9.17, 15) is 9.90 Å². The Morgan fingerprint density at radius 3 is 1.75 bits per heavy atom. The largest absolute Gasteiger partial charge is 0.441 e. The fraction of sp³-hybridized carbons (Fsp3) is 0.345. The average molecular weight is 429 g/mol. The first kappa shape index (κ1) is 22.3. The van der Waals surface area contributed by atoms with E-state index in [4.69, 9.17) is 4.74 Å². The zero-order valence-electron chi connectivity index (χ0n) is 19.6. The minimum Gasteiger partial charge on any atom is -0.441 e. The summed E-state index contributed by atoms with van der Waals surface area (Å²) < 4.78 is 6.18. The van der Waals surface area contributed by atoms with Crippen LogP contribution in [0.15, 0.2) is 72.8 Å². The highest BCUT2D eigenvalue weighted by molar-refractivity contribution is 5.96. The Morgan fingerprint density at radius 2 is 1.25 bits per heavy atom. The summed E-state index contributed by atoms with van der Waals surface area (Å²) in [5, 5.41) is 10.2. The van der Waals surface area contributed by atoms with Crippen LogP contribution >= 0.6 is 0 Å². The van der Waals surface area contributed by atoms with E-state index in [-0.39, 0.29) is 11.4 Å². The minimum atomic E-state index is -0.985. The molecule has 1 unspecified atom stereocenters. The number of rotatable bonds is 5. The molecule has 0 saturated heterocycles. The fourth-order valence-corrected chi connectivity index (χ4v) is 4.64. The van der Waals surface area contributed by atoms with Gasteiger partial charge in [0.15, 0.2) is 5.60 Å². The zero-order chi connectivity index (χ0) is 23.1. The number of hydrogen-bond acceptors (Lipinski definition) is 3. The third-order valence-electron chi connectivity index (χ3n) is 5.86. The predicted molar refractivity (Wildman–Crippen MR) is 128 cm³/mol. The Kier molecular flexibility index (Phi) is 5.50. The van der Waals surface area contributed by atoms with Crippen LogP contribution in [0.25, 0.3) is 0 Å². The van der Waals surface area contributed by atoms with Crippen molar-refractivity contribution < 1.29 is 14.6 Å². The SMILES string of the molecule is CC(C)(C)Cc1ccc(C2(c3ccc(CC(C)(C)O)cc3)OC(=O)c3ccccc32)cc1. The van der Waals surface area contributed by atoms with Gasteiger partial charge in [-0.2, -0.15) is 0 Å². The van der Waals surface area contributed by atoms with Crippen LogP contribution in [0.5, 0.6) is 0 Å². The van der Waals surface area contributed by atoms with Crippen molar-refractivity contribution in [2.45, 2.75) is 58.7 Å². The lowest BCUT2D eigenvalue weighted by Crippen LogP contribution is -2.29. The Morgan fingerprint density at radius 1 is 0.750 bits per heavy atom. The van der Waals surface area contributed by atoms with E-state index in [0.717, 1.165) is 28.7 Å². The molecule has 1 atom stereocenters. The molecule has 0 aliphatic carbocycles. The molecular weight excluding hydrogens is 396 g/mol. The molecule has 1 heterocycles. The van der Waals surface area contributed by atoms with Crippen molar-refractivity contribution in [1.82, 2.24) is 0 Å². The third-order valence-corrected chi connectivity index (χ3v) is 5.86. The normalized spacial score (nSPS) is 18.4. The van der Waals surface area contributed by atoms with E-state index in [0.29, 0.717) is 12.0 Å². The maximum Gasteiger partial charge on any atom is 0.340 e. The summed E-state index contributed by atoms with van der Waals surface area (Å²) in [5.41, 5.74) is 4.03. The molecule has 1 aliphatic heterocycles. The Balaban J connectivity index is 1.82. The van der Waals surface area contributed by atoms with Gasteiger partial charge in [0.1, 0.15) is 0 Å². The molecule has 0 radical (unpaired) electrons. The van der Waals surface area contributed by atoms with Gasteiger partial charge in [0.25, 0.3) is 0 Å². The molecule has 166 valence electrons. The number of esters is 1. The van der Waals surface area contributed by atoms with Crippen molar-refractivity contribution in [3.05, 3.63) is 106 Å². The number of ether oxygens (including phenoxy) is 1. The number of fused-ring (bicyclic) bond motifs is 1. The number of cyclic esters (lactones) is 1. The van der Waals surface area contributed by atoms with E-state index in [1.807, 2.05) is 48.5 Å². The summed E-state index contributed by atoms with van der Waals surface area (Å²) in [7, 11) is 0. The maximum atomic E-state index is 12.9. The first-order valence-electron chi connectivity index (χ1n) is 11.2. The molecule has 0 bridgehead atoms. The van der Waals surface area contributed by atoms with Gasteiger partial charge in [-0.3, -0.25) is 0 Å². The van der Waals surface area contributed by atoms with Gasteiger partial charge in [-0.25, -0.2) is 4.79 Å². The quantitative estimate of drug-likeness (QED) is 0.503. The van der Waals surface area contributed by atoms with Gasteiger partial charge < -0.3 is 9.84 Å². The zero-order valence-corrected chi connectivity index (χ0v) is 19.6. The summed E-state index contributed by atoms with van der Waals surface area (Å²) >= 11 is 0. The Hall–Kier alpha value is -2.91. The van der Waals surface area contributed by atoms with E-state index in [2.05, 4.69) is 45.0 Å². The van der Waals surface area contributed by atoms with Crippen LogP contribution in [-0.4, -0.2) is 16.7 Å². The van der Waals surface area contributed by atoms with E-state index in [1.165, 1.54) is 5.56 Å². The second-order valence-electron chi connectivity index (χ2n) is 10.7. The van der Waals surface area contributed by atoms with Crippen LogP contribution in [0.1, 0.15) is 72.8 Å². The van der Waals surface area contributed by atoms with Gasteiger partial charge in [-0.15, -0.1) is 0 Å². The van der Waals surface area contributed by atoms with E-state index in [1.54, 1.807) is 13.8 Å².